The first-order valence-electron chi connectivity index (χ1n) is 9.42. The summed E-state index contributed by atoms with van der Waals surface area (Å²) in [5, 5.41) is 11.9. The van der Waals surface area contributed by atoms with Gasteiger partial charge < -0.3 is 5.32 Å². The largest absolute Gasteiger partial charge is 0.324 e. The summed E-state index contributed by atoms with van der Waals surface area (Å²) in [6, 6.07) is 11.4. The number of anilines is 1. The van der Waals surface area contributed by atoms with Crippen molar-refractivity contribution in [2.45, 2.75) is 27.3 Å². The fourth-order valence-corrected chi connectivity index (χ4v) is 3.46. The van der Waals surface area contributed by atoms with E-state index in [1.165, 1.54) is 18.2 Å². The van der Waals surface area contributed by atoms with Gasteiger partial charge in [0.2, 0.25) is 5.91 Å². The van der Waals surface area contributed by atoms with Gasteiger partial charge in [0.25, 0.3) is 5.56 Å². The lowest BCUT2D eigenvalue weighted by Gasteiger charge is -2.11. The van der Waals surface area contributed by atoms with Crippen LogP contribution in [0, 0.1) is 26.6 Å². The molecule has 2 aromatic heterocycles. The van der Waals surface area contributed by atoms with Gasteiger partial charge in [-0.25, -0.2) is 13.8 Å². The van der Waals surface area contributed by atoms with E-state index in [2.05, 4.69) is 15.5 Å². The van der Waals surface area contributed by atoms with Crippen LogP contribution in [0.2, 0.25) is 0 Å². The summed E-state index contributed by atoms with van der Waals surface area (Å²) in [6.45, 7) is 5.41. The molecule has 7 nitrogen and oxygen atoms in total. The molecule has 4 rings (SSSR count). The van der Waals surface area contributed by atoms with E-state index in [9.17, 15) is 14.0 Å². The quantitative estimate of drug-likeness (QED) is 0.565. The highest BCUT2D eigenvalue weighted by atomic mass is 19.1. The van der Waals surface area contributed by atoms with E-state index < -0.39 is 17.3 Å². The van der Waals surface area contributed by atoms with Gasteiger partial charge in [-0.05, 0) is 50.6 Å². The predicted octanol–water partition coefficient (Wildman–Crippen LogP) is 3.29. The standard InChI is InChI=1S/C22H20FN5O2/c1-13-7-8-19(14(2)9-13)28-21-18(11-24-28)15(3)26-27(22(21)30)12-20(29)25-17-6-4-5-16(23)10-17/h4-11H,12H2,1-3H3,(H,25,29). The molecular weight excluding hydrogens is 385 g/mol. The van der Waals surface area contributed by atoms with E-state index in [-0.39, 0.29) is 6.54 Å². The highest BCUT2D eigenvalue weighted by Gasteiger charge is 2.17. The number of hydrogen-bond acceptors (Lipinski definition) is 4. The molecule has 0 aliphatic heterocycles. The van der Waals surface area contributed by atoms with Crippen LogP contribution >= 0.6 is 0 Å². The molecule has 30 heavy (non-hydrogen) atoms. The van der Waals surface area contributed by atoms with Crippen molar-refractivity contribution in [1.29, 1.82) is 0 Å². The van der Waals surface area contributed by atoms with Gasteiger partial charge in [0.1, 0.15) is 17.9 Å². The van der Waals surface area contributed by atoms with Crippen LogP contribution in [0.3, 0.4) is 0 Å². The van der Waals surface area contributed by atoms with Gasteiger partial charge in [0.15, 0.2) is 0 Å². The second kappa shape index (κ2) is 7.55. The maximum atomic E-state index is 13.3. The van der Waals surface area contributed by atoms with Crippen molar-refractivity contribution in [3.8, 4) is 5.69 Å². The summed E-state index contributed by atoms with van der Waals surface area (Å²) in [4.78, 5) is 25.6. The lowest BCUT2D eigenvalue weighted by molar-refractivity contribution is -0.117. The van der Waals surface area contributed by atoms with E-state index in [4.69, 9.17) is 0 Å². The minimum absolute atomic E-state index is 0.301. The lowest BCUT2D eigenvalue weighted by Crippen LogP contribution is -2.31. The topological polar surface area (TPSA) is 81.8 Å². The first-order chi connectivity index (χ1) is 14.3. The van der Waals surface area contributed by atoms with Crippen LogP contribution in [0.25, 0.3) is 16.6 Å². The van der Waals surface area contributed by atoms with E-state index in [1.54, 1.807) is 23.9 Å². The molecule has 0 radical (unpaired) electrons. The molecule has 2 heterocycles. The van der Waals surface area contributed by atoms with Crippen LogP contribution in [0.5, 0.6) is 0 Å². The Bertz CT molecular complexity index is 1340. The van der Waals surface area contributed by atoms with Crippen molar-refractivity contribution in [2.24, 2.45) is 0 Å². The Balaban J connectivity index is 1.74. The van der Waals surface area contributed by atoms with E-state index in [0.29, 0.717) is 22.3 Å². The molecule has 0 fully saturated rings. The molecule has 2 aromatic carbocycles. The summed E-state index contributed by atoms with van der Waals surface area (Å²) in [7, 11) is 0. The number of carbonyl (C=O) groups is 1. The molecule has 0 bridgehead atoms. The number of halogens is 1. The van der Waals surface area contributed by atoms with Gasteiger partial charge in [0, 0.05) is 11.1 Å². The number of aromatic nitrogens is 4. The van der Waals surface area contributed by atoms with Crippen LogP contribution in [-0.4, -0.2) is 25.5 Å². The maximum Gasteiger partial charge on any atom is 0.293 e. The molecule has 0 unspecified atom stereocenters. The predicted molar refractivity (Wildman–Crippen MR) is 112 cm³/mol. The third kappa shape index (κ3) is 3.59. The highest BCUT2D eigenvalue weighted by Crippen LogP contribution is 2.20. The lowest BCUT2D eigenvalue weighted by atomic mass is 10.1. The maximum absolute atomic E-state index is 13.3. The number of carbonyl (C=O) groups excluding carboxylic acids is 1. The Morgan fingerprint density at radius 2 is 1.93 bits per heavy atom. The average molecular weight is 405 g/mol. The van der Waals surface area contributed by atoms with E-state index in [1.807, 2.05) is 32.0 Å². The van der Waals surface area contributed by atoms with Crippen molar-refractivity contribution >= 4 is 22.5 Å². The third-order valence-corrected chi connectivity index (χ3v) is 4.85. The first-order valence-corrected chi connectivity index (χ1v) is 9.42. The third-order valence-electron chi connectivity index (χ3n) is 4.85. The molecule has 0 atom stereocenters. The smallest absolute Gasteiger partial charge is 0.293 e. The number of amides is 1. The summed E-state index contributed by atoms with van der Waals surface area (Å²) in [5.74, 6) is -0.941. The zero-order valence-electron chi connectivity index (χ0n) is 16.8. The number of benzene rings is 2. The Morgan fingerprint density at radius 3 is 2.67 bits per heavy atom. The normalized spacial score (nSPS) is 11.1. The fraction of sp³-hybridized carbons (Fsp3) is 0.182. The van der Waals surface area contributed by atoms with E-state index in [0.717, 1.165) is 21.5 Å². The highest BCUT2D eigenvalue weighted by molar-refractivity contribution is 5.90. The minimum atomic E-state index is -0.480. The number of aryl methyl sites for hydroxylation is 3. The van der Waals surface area contributed by atoms with Crippen LogP contribution in [-0.2, 0) is 11.3 Å². The zero-order valence-corrected chi connectivity index (χ0v) is 16.8. The van der Waals surface area contributed by atoms with E-state index >= 15 is 0 Å². The second-order valence-corrected chi connectivity index (χ2v) is 7.22. The summed E-state index contributed by atoms with van der Waals surface area (Å²) in [5.41, 5.74) is 3.69. The number of fused-ring (bicyclic) bond motifs is 1. The monoisotopic (exact) mass is 405 g/mol. The van der Waals surface area contributed by atoms with Crippen molar-refractivity contribution in [2.75, 3.05) is 5.32 Å². The molecule has 0 saturated heterocycles. The SMILES string of the molecule is Cc1ccc(-n2ncc3c(C)nn(CC(=O)Nc4cccc(F)c4)c(=O)c32)c(C)c1. The Labute approximate surface area is 171 Å². The summed E-state index contributed by atoms with van der Waals surface area (Å²) < 4.78 is 16.0. The zero-order chi connectivity index (χ0) is 21.4. The fourth-order valence-electron chi connectivity index (χ4n) is 3.46. The van der Waals surface area contributed by atoms with Crippen molar-refractivity contribution in [1.82, 2.24) is 19.6 Å². The molecule has 1 N–H and O–H groups in total. The van der Waals surface area contributed by atoms with Gasteiger partial charge in [0.05, 0.1) is 17.6 Å². The summed E-state index contributed by atoms with van der Waals surface area (Å²) >= 11 is 0. The second-order valence-electron chi connectivity index (χ2n) is 7.22. The van der Waals surface area contributed by atoms with Crippen LogP contribution in [0.1, 0.15) is 16.8 Å². The Kier molecular flexibility index (Phi) is 4.91. The van der Waals surface area contributed by atoms with Crippen molar-refractivity contribution in [3.63, 3.8) is 0 Å². The Morgan fingerprint density at radius 1 is 1.13 bits per heavy atom. The number of hydrogen-bond donors (Lipinski definition) is 1. The van der Waals surface area contributed by atoms with Crippen molar-refractivity contribution in [3.05, 3.63) is 81.7 Å². The molecule has 1 amide bonds. The van der Waals surface area contributed by atoms with Crippen LogP contribution in [0.15, 0.2) is 53.5 Å². The number of rotatable bonds is 4. The first kappa shape index (κ1) is 19.5. The van der Waals surface area contributed by atoms with Crippen LogP contribution in [0.4, 0.5) is 10.1 Å². The van der Waals surface area contributed by atoms with Crippen LogP contribution < -0.4 is 10.9 Å². The average Bonchev–Trinajstić information content (AvgIpc) is 3.11. The molecule has 152 valence electrons. The molecule has 4 aromatic rings. The van der Waals surface area contributed by atoms with Gasteiger partial charge in [-0.2, -0.15) is 10.2 Å². The minimum Gasteiger partial charge on any atom is -0.324 e. The molecule has 0 saturated carbocycles. The summed E-state index contributed by atoms with van der Waals surface area (Å²) in [6.07, 6.45) is 1.61. The molecule has 8 heteroatoms. The number of nitrogens with one attached hydrogen (secondary N) is 1. The van der Waals surface area contributed by atoms with Crippen molar-refractivity contribution < 1.29 is 9.18 Å². The molecular formula is C22H20FN5O2. The number of nitrogens with zero attached hydrogens (tertiary/aromatic N) is 4. The van der Waals surface area contributed by atoms with Gasteiger partial charge in [-0.15, -0.1) is 0 Å². The van der Waals surface area contributed by atoms with Gasteiger partial charge in [-0.3, -0.25) is 9.59 Å². The molecule has 0 aliphatic rings. The van der Waals surface area contributed by atoms with Gasteiger partial charge >= 0.3 is 0 Å². The molecule has 0 spiro atoms. The van der Waals surface area contributed by atoms with Gasteiger partial charge in [-0.1, -0.05) is 23.8 Å². The molecule has 0 aliphatic carbocycles. The Hall–Kier alpha value is -3.81.